The van der Waals surface area contributed by atoms with E-state index in [0.29, 0.717) is 11.1 Å². The molecule has 0 atom stereocenters. The number of para-hydroxylation sites is 2. The number of carbonyl (C=O) groups excluding carboxylic acids is 1. The number of allylic oxidation sites excluding steroid dienone is 4. The Bertz CT molecular complexity index is 2890. The molecule has 11 rings (SSSR count). The molecule has 3 aliphatic rings. The Labute approximate surface area is 350 Å². The zero-order chi connectivity index (χ0) is 40.0. The number of hydrogen-bond acceptors (Lipinski definition) is 4. The van der Waals surface area contributed by atoms with E-state index in [4.69, 9.17) is 4.74 Å². The molecule has 0 saturated carbocycles. The number of nitrogens with zero attached hydrogens (tertiary/aromatic N) is 2. The Kier molecular flexibility index (Phi) is 8.63. The van der Waals surface area contributed by atoms with Gasteiger partial charge in [0.05, 0.1) is 16.8 Å². The molecule has 0 radical (unpaired) electrons. The third-order valence-corrected chi connectivity index (χ3v) is 12.1. The zero-order valence-electron chi connectivity index (χ0n) is 32.9. The second-order valence-electron chi connectivity index (χ2n) is 15.5. The van der Waals surface area contributed by atoms with Gasteiger partial charge in [-0.1, -0.05) is 152 Å². The molecule has 4 heteroatoms. The van der Waals surface area contributed by atoms with Crippen LogP contribution in [0.3, 0.4) is 0 Å². The highest BCUT2D eigenvalue weighted by molar-refractivity contribution is 6.15. The molecule has 0 bridgehead atoms. The van der Waals surface area contributed by atoms with Crippen molar-refractivity contribution in [3.8, 4) is 11.5 Å². The molecule has 0 amide bonds. The summed E-state index contributed by atoms with van der Waals surface area (Å²) in [6.45, 7) is 0. The van der Waals surface area contributed by atoms with E-state index in [0.717, 1.165) is 86.3 Å². The van der Waals surface area contributed by atoms with Gasteiger partial charge in [0.15, 0.2) is 17.3 Å². The van der Waals surface area contributed by atoms with Gasteiger partial charge in [-0.05, 0) is 107 Å². The Balaban J connectivity index is 1.12. The number of ketones is 1. The second kappa shape index (κ2) is 14.6. The normalized spacial score (nSPS) is 14.5. The highest BCUT2D eigenvalue weighted by Gasteiger charge is 2.46. The first-order valence-electron chi connectivity index (χ1n) is 20.6. The van der Waals surface area contributed by atoms with Crippen LogP contribution in [0.4, 0.5) is 34.1 Å². The zero-order valence-corrected chi connectivity index (χ0v) is 32.9. The average Bonchev–Trinajstić information content (AvgIpc) is 3.32. The van der Waals surface area contributed by atoms with Crippen LogP contribution in [0.2, 0.25) is 0 Å². The largest absolute Gasteiger partial charge is 0.453 e. The number of hydrogen-bond donors (Lipinski definition) is 0. The van der Waals surface area contributed by atoms with Gasteiger partial charge >= 0.3 is 0 Å². The summed E-state index contributed by atoms with van der Waals surface area (Å²) in [5, 5.41) is 0. The number of carbonyl (C=O) groups is 1. The lowest BCUT2D eigenvalue weighted by Gasteiger charge is -2.42. The van der Waals surface area contributed by atoms with Crippen molar-refractivity contribution in [3.63, 3.8) is 0 Å². The van der Waals surface area contributed by atoms with Gasteiger partial charge in [0.25, 0.3) is 0 Å². The van der Waals surface area contributed by atoms with Gasteiger partial charge in [-0.2, -0.15) is 0 Å². The Morgan fingerprint density at radius 2 is 1.08 bits per heavy atom. The maximum atomic E-state index is 14.9. The highest BCUT2D eigenvalue weighted by atomic mass is 16.5. The van der Waals surface area contributed by atoms with Gasteiger partial charge in [0.2, 0.25) is 0 Å². The number of benzene rings is 8. The molecule has 0 N–H and O–H groups in total. The Hall–Kier alpha value is -7.69. The van der Waals surface area contributed by atoms with E-state index in [-0.39, 0.29) is 5.78 Å². The van der Waals surface area contributed by atoms with Crippen LogP contribution in [0.15, 0.2) is 218 Å². The van der Waals surface area contributed by atoms with Crippen molar-refractivity contribution in [3.05, 3.63) is 257 Å². The van der Waals surface area contributed by atoms with Crippen molar-refractivity contribution in [2.24, 2.45) is 0 Å². The van der Waals surface area contributed by atoms with E-state index in [1.54, 1.807) is 0 Å². The molecular formula is C56H40N2O2. The van der Waals surface area contributed by atoms with Gasteiger partial charge in [-0.3, -0.25) is 4.79 Å². The number of anilines is 6. The quantitative estimate of drug-likeness (QED) is 0.162. The van der Waals surface area contributed by atoms with Gasteiger partial charge in [-0.15, -0.1) is 0 Å². The third-order valence-electron chi connectivity index (χ3n) is 12.1. The first-order valence-corrected chi connectivity index (χ1v) is 20.6. The SMILES string of the molecule is O=C1c2ccccc2C(c2ccccc2)(c2ccccc2)c2ccc(N3c4ccc(C5=CCCC=C5)cc4Oc4cc(N(c5ccccc5)c5ccccc5)ccc43)cc21. The van der Waals surface area contributed by atoms with Crippen LogP contribution in [0.5, 0.6) is 11.5 Å². The Morgan fingerprint density at radius 1 is 0.500 bits per heavy atom. The van der Waals surface area contributed by atoms with Crippen molar-refractivity contribution in [1.82, 2.24) is 0 Å². The van der Waals surface area contributed by atoms with Crippen molar-refractivity contribution in [2.75, 3.05) is 9.80 Å². The lowest BCUT2D eigenvalue weighted by molar-refractivity contribution is 0.103. The second-order valence-corrected chi connectivity index (χ2v) is 15.5. The summed E-state index contributed by atoms with van der Waals surface area (Å²) in [4.78, 5) is 19.4. The van der Waals surface area contributed by atoms with Crippen LogP contribution in [-0.4, -0.2) is 5.78 Å². The number of fused-ring (bicyclic) bond motifs is 4. The minimum absolute atomic E-state index is 0.0155. The van der Waals surface area contributed by atoms with Crippen molar-refractivity contribution in [1.29, 1.82) is 0 Å². The molecule has 1 heterocycles. The van der Waals surface area contributed by atoms with Crippen molar-refractivity contribution >= 4 is 45.5 Å². The molecule has 8 aromatic carbocycles. The van der Waals surface area contributed by atoms with E-state index in [1.165, 1.54) is 5.57 Å². The molecule has 0 spiro atoms. The first kappa shape index (κ1) is 35.5. The van der Waals surface area contributed by atoms with Gasteiger partial charge in [0.1, 0.15) is 0 Å². The van der Waals surface area contributed by atoms with Crippen LogP contribution < -0.4 is 14.5 Å². The summed E-state index contributed by atoms with van der Waals surface area (Å²) in [7, 11) is 0. The van der Waals surface area contributed by atoms with Gasteiger partial charge in [-0.25, -0.2) is 0 Å². The van der Waals surface area contributed by atoms with Crippen molar-refractivity contribution in [2.45, 2.75) is 18.3 Å². The molecule has 1 aliphatic heterocycles. The van der Waals surface area contributed by atoms with Crippen LogP contribution >= 0.6 is 0 Å². The smallest absolute Gasteiger partial charge is 0.193 e. The van der Waals surface area contributed by atoms with E-state index in [9.17, 15) is 4.79 Å². The minimum Gasteiger partial charge on any atom is -0.453 e. The fraction of sp³-hybridized carbons (Fsp3) is 0.0536. The van der Waals surface area contributed by atoms with E-state index in [1.807, 2.05) is 30.3 Å². The maximum Gasteiger partial charge on any atom is 0.193 e. The molecular weight excluding hydrogens is 733 g/mol. The van der Waals surface area contributed by atoms with E-state index >= 15 is 0 Å². The minimum atomic E-state index is -0.717. The fourth-order valence-corrected chi connectivity index (χ4v) is 9.47. The summed E-state index contributed by atoms with van der Waals surface area (Å²) in [5.74, 6) is 1.49. The summed E-state index contributed by atoms with van der Waals surface area (Å²) in [6, 6.07) is 69.5. The molecule has 0 aromatic heterocycles. The predicted molar refractivity (Wildman–Crippen MR) is 244 cm³/mol. The van der Waals surface area contributed by atoms with E-state index in [2.05, 4.69) is 198 Å². The topological polar surface area (TPSA) is 32.8 Å². The molecule has 8 aromatic rings. The average molecular weight is 773 g/mol. The van der Waals surface area contributed by atoms with Crippen LogP contribution in [0, 0.1) is 0 Å². The first-order chi connectivity index (χ1) is 29.7. The third kappa shape index (κ3) is 5.71. The van der Waals surface area contributed by atoms with Crippen molar-refractivity contribution < 1.29 is 9.53 Å². The summed E-state index contributed by atoms with van der Waals surface area (Å²) in [6.07, 6.45) is 8.79. The summed E-state index contributed by atoms with van der Waals surface area (Å²) >= 11 is 0. The Morgan fingerprint density at radius 3 is 1.73 bits per heavy atom. The van der Waals surface area contributed by atoms with Crippen LogP contribution in [-0.2, 0) is 5.41 Å². The number of rotatable bonds is 7. The molecule has 0 saturated heterocycles. The molecule has 60 heavy (non-hydrogen) atoms. The predicted octanol–water partition coefficient (Wildman–Crippen LogP) is 14.4. The number of ether oxygens (including phenoxy) is 1. The molecule has 4 nitrogen and oxygen atoms in total. The van der Waals surface area contributed by atoms with Crippen LogP contribution in [0.1, 0.15) is 56.6 Å². The highest BCUT2D eigenvalue weighted by Crippen LogP contribution is 2.55. The fourth-order valence-electron chi connectivity index (χ4n) is 9.47. The molecule has 2 aliphatic carbocycles. The summed E-state index contributed by atoms with van der Waals surface area (Å²) < 4.78 is 6.97. The lowest BCUT2D eigenvalue weighted by atomic mass is 9.59. The summed E-state index contributed by atoms with van der Waals surface area (Å²) in [5.41, 5.74) is 12.9. The van der Waals surface area contributed by atoms with Crippen LogP contribution in [0.25, 0.3) is 5.57 Å². The standard InChI is InChI=1S/C56H40N2O2/c59-55-47-28-16-17-29-49(47)56(41-20-8-2-9-21-41,42-22-10-3-11-23-42)50-33-31-45(37-48(50)55)58-51-34-30-40(39-18-6-1-7-19-39)36-53(51)60-54-38-46(32-35-52(54)58)57(43-24-12-4-13-25-43)44-26-14-5-15-27-44/h2-6,8-38H,1,7H2. The molecule has 286 valence electrons. The lowest BCUT2D eigenvalue weighted by Crippen LogP contribution is -2.38. The molecule has 0 fully saturated rings. The monoisotopic (exact) mass is 772 g/mol. The van der Waals surface area contributed by atoms with Gasteiger partial charge in [0, 0.05) is 39.9 Å². The van der Waals surface area contributed by atoms with Gasteiger partial charge < -0.3 is 14.5 Å². The maximum absolute atomic E-state index is 14.9. The van der Waals surface area contributed by atoms with E-state index < -0.39 is 5.41 Å². The molecule has 0 unspecified atom stereocenters.